The van der Waals surface area contributed by atoms with E-state index in [4.69, 9.17) is 5.73 Å². The molecule has 1 heterocycles. The summed E-state index contributed by atoms with van der Waals surface area (Å²) in [5.74, 6) is -0.495. The summed E-state index contributed by atoms with van der Waals surface area (Å²) in [6.45, 7) is 1.78. The molecule has 3 fully saturated rings. The second-order valence-corrected chi connectivity index (χ2v) is 5.76. The number of amides is 3. The number of likely N-dealkylation sites (tertiary alicyclic amines) is 1. The highest BCUT2D eigenvalue weighted by Crippen LogP contribution is 2.56. The predicted molar refractivity (Wildman–Crippen MR) is 62.9 cm³/mol. The second kappa shape index (κ2) is 3.80. The van der Waals surface area contributed by atoms with E-state index >= 15 is 0 Å². The molecular formula is C13H18N2O3. The van der Waals surface area contributed by atoms with Crippen LogP contribution in [-0.4, -0.2) is 28.7 Å². The molecule has 18 heavy (non-hydrogen) atoms. The minimum atomic E-state index is -0.755. The molecule has 2 saturated carbocycles. The Morgan fingerprint density at radius 2 is 1.78 bits per heavy atom. The van der Waals surface area contributed by atoms with Crippen molar-refractivity contribution in [3.8, 4) is 0 Å². The zero-order valence-electron chi connectivity index (χ0n) is 10.5. The highest BCUT2D eigenvalue weighted by Gasteiger charge is 2.62. The van der Waals surface area contributed by atoms with Gasteiger partial charge in [0.1, 0.15) is 6.04 Å². The number of carbonyl (C=O) groups is 3. The molecule has 3 amide bonds. The molecule has 0 aromatic rings. The zero-order valence-corrected chi connectivity index (χ0v) is 10.5. The molecule has 0 spiro atoms. The van der Waals surface area contributed by atoms with Gasteiger partial charge in [-0.1, -0.05) is 6.92 Å². The first-order valence-corrected chi connectivity index (χ1v) is 6.72. The maximum Gasteiger partial charge on any atom is 0.240 e. The molecule has 5 atom stereocenters. The van der Waals surface area contributed by atoms with Crippen LogP contribution >= 0.6 is 0 Å². The molecule has 0 radical (unpaired) electrons. The molecule has 2 bridgehead atoms. The van der Waals surface area contributed by atoms with Gasteiger partial charge in [0.15, 0.2) is 0 Å². The number of nitrogens with two attached hydrogens (primary N) is 1. The number of imide groups is 1. The van der Waals surface area contributed by atoms with Crippen molar-refractivity contribution < 1.29 is 14.4 Å². The van der Waals surface area contributed by atoms with Crippen LogP contribution in [-0.2, 0) is 14.4 Å². The fraction of sp³-hybridized carbons (Fsp3) is 0.769. The summed E-state index contributed by atoms with van der Waals surface area (Å²) in [5.41, 5.74) is 5.30. The third-order valence-electron chi connectivity index (χ3n) is 4.99. The maximum absolute atomic E-state index is 12.4. The van der Waals surface area contributed by atoms with Crippen molar-refractivity contribution >= 4 is 17.7 Å². The van der Waals surface area contributed by atoms with E-state index in [-0.39, 0.29) is 23.7 Å². The van der Waals surface area contributed by atoms with Gasteiger partial charge in [0.2, 0.25) is 17.7 Å². The normalized spacial score (nSPS) is 39.3. The maximum atomic E-state index is 12.4. The lowest BCUT2D eigenvalue weighted by Crippen LogP contribution is -2.48. The standard InChI is InChI=1S/C13H18N2O3/c1-2-8(11(14)16)15-12(17)9-6-3-4-7(5-6)10(9)13(15)18/h6-10H,2-5H2,1H3,(H2,14,16)/t6-,7+,8-,9-,10+/m0/s1. The van der Waals surface area contributed by atoms with Gasteiger partial charge in [-0.2, -0.15) is 0 Å². The molecule has 3 rings (SSSR count). The smallest absolute Gasteiger partial charge is 0.240 e. The summed E-state index contributed by atoms with van der Waals surface area (Å²) in [4.78, 5) is 37.3. The highest BCUT2D eigenvalue weighted by atomic mass is 16.2. The molecule has 2 aliphatic carbocycles. The Morgan fingerprint density at radius 3 is 2.17 bits per heavy atom. The largest absolute Gasteiger partial charge is 0.368 e. The van der Waals surface area contributed by atoms with E-state index in [9.17, 15) is 14.4 Å². The van der Waals surface area contributed by atoms with E-state index in [1.807, 2.05) is 0 Å². The van der Waals surface area contributed by atoms with Crippen LogP contribution in [0.2, 0.25) is 0 Å². The monoisotopic (exact) mass is 250 g/mol. The van der Waals surface area contributed by atoms with E-state index in [1.54, 1.807) is 6.92 Å². The van der Waals surface area contributed by atoms with Crippen molar-refractivity contribution in [2.24, 2.45) is 29.4 Å². The number of hydrogen-bond donors (Lipinski definition) is 1. The summed E-state index contributed by atoms with van der Waals surface area (Å²) in [6, 6.07) is -0.755. The van der Waals surface area contributed by atoms with Gasteiger partial charge in [0.25, 0.3) is 0 Å². The summed E-state index contributed by atoms with van der Waals surface area (Å²) >= 11 is 0. The van der Waals surface area contributed by atoms with Gasteiger partial charge in [0, 0.05) is 0 Å². The SMILES string of the molecule is CC[C@@H](C(N)=O)N1C(=O)[C@@H]2[C@@H]3CC[C@@H](C3)[C@@H]2C1=O. The lowest BCUT2D eigenvalue weighted by molar-refractivity contribution is -0.148. The molecule has 0 aromatic heterocycles. The van der Waals surface area contributed by atoms with Crippen LogP contribution in [0.15, 0.2) is 0 Å². The Kier molecular flexibility index (Phi) is 2.47. The highest BCUT2D eigenvalue weighted by molar-refractivity contribution is 6.08. The molecule has 98 valence electrons. The third kappa shape index (κ3) is 1.30. The van der Waals surface area contributed by atoms with E-state index in [2.05, 4.69) is 0 Å². The van der Waals surface area contributed by atoms with Crippen molar-refractivity contribution in [2.75, 3.05) is 0 Å². The number of fused-ring (bicyclic) bond motifs is 5. The number of nitrogens with zero attached hydrogens (tertiary/aromatic N) is 1. The zero-order chi connectivity index (χ0) is 13.0. The van der Waals surface area contributed by atoms with Crippen LogP contribution < -0.4 is 5.73 Å². The van der Waals surface area contributed by atoms with Crippen molar-refractivity contribution in [1.82, 2.24) is 4.90 Å². The molecule has 0 aromatic carbocycles. The Balaban J connectivity index is 1.93. The van der Waals surface area contributed by atoms with E-state index < -0.39 is 11.9 Å². The van der Waals surface area contributed by atoms with Crippen molar-refractivity contribution in [3.63, 3.8) is 0 Å². The van der Waals surface area contributed by atoms with Crippen LogP contribution in [0.1, 0.15) is 32.6 Å². The minimum absolute atomic E-state index is 0.150. The van der Waals surface area contributed by atoms with Crippen LogP contribution in [0.25, 0.3) is 0 Å². The average Bonchev–Trinajstić information content (AvgIpc) is 2.98. The average molecular weight is 250 g/mol. The Labute approximate surface area is 106 Å². The molecule has 3 aliphatic rings. The van der Waals surface area contributed by atoms with E-state index in [0.29, 0.717) is 18.3 Å². The number of hydrogen-bond acceptors (Lipinski definition) is 3. The fourth-order valence-electron chi connectivity index (χ4n) is 4.25. The van der Waals surface area contributed by atoms with Crippen LogP contribution in [0, 0.1) is 23.7 Å². The Bertz CT molecular complexity index is 406. The molecule has 1 aliphatic heterocycles. The van der Waals surface area contributed by atoms with Gasteiger partial charge in [0.05, 0.1) is 11.8 Å². The van der Waals surface area contributed by atoms with Crippen molar-refractivity contribution in [3.05, 3.63) is 0 Å². The van der Waals surface area contributed by atoms with Crippen LogP contribution in [0.3, 0.4) is 0 Å². The summed E-state index contributed by atoms with van der Waals surface area (Å²) in [7, 11) is 0. The molecular weight excluding hydrogens is 232 g/mol. The lowest BCUT2D eigenvalue weighted by Gasteiger charge is -2.24. The van der Waals surface area contributed by atoms with E-state index in [1.165, 1.54) is 4.90 Å². The number of primary amides is 1. The number of rotatable bonds is 3. The van der Waals surface area contributed by atoms with Crippen molar-refractivity contribution in [1.29, 1.82) is 0 Å². The van der Waals surface area contributed by atoms with E-state index in [0.717, 1.165) is 19.3 Å². The van der Waals surface area contributed by atoms with Gasteiger partial charge in [-0.3, -0.25) is 19.3 Å². The lowest BCUT2D eigenvalue weighted by atomic mass is 9.81. The van der Waals surface area contributed by atoms with Gasteiger partial charge >= 0.3 is 0 Å². The Morgan fingerprint density at radius 1 is 1.28 bits per heavy atom. The number of carbonyl (C=O) groups excluding carboxylic acids is 3. The topological polar surface area (TPSA) is 80.5 Å². The van der Waals surface area contributed by atoms with Gasteiger partial charge in [-0.15, -0.1) is 0 Å². The molecule has 5 nitrogen and oxygen atoms in total. The first-order chi connectivity index (χ1) is 8.56. The van der Waals surface area contributed by atoms with Gasteiger partial charge in [-0.25, -0.2) is 0 Å². The third-order valence-corrected chi connectivity index (χ3v) is 4.99. The molecule has 1 saturated heterocycles. The van der Waals surface area contributed by atoms with Gasteiger partial charge in [-0.05, 0) is 37.5 Å². The second-order valence-electron chi connectivity index (χ2n) is 5.76. The molecule has 2 N–H and O–H groups in total. The summed E-state index contributed by atoms with van der Waals surface area (Å²) < 4.78 is 0. The quantitative estimate of drug-likeness (QED) is 0.731. The molecule has 0 unspecified atom stereocenters. The first kappa shape index (κ1) is 11.7. The van der Waals surface area contributed by atoms with Gasteiger partial charge < -0.3 is 5.73 Å². The fourth-order valence-corrected chi connectivity index (χ4v) is 4.25. The summed E-state index contributed by atoms with van der Waals surface area (Å²) in [5, 5.41) is 0. The molecule has 5 heteroatoms. The van der Waals surface area contributed by atoms with Crippen LogP contribution in [0.4, 0.5) is 0 Å². The first-order valence-electron chi connectivity index (χ1n) is 6.72. The van der Waals surface area contributed by atoms with Crippen molar-refractivity contribution in [2.45, 2.75) is 38.6 Å². The minimum Gasteiger partial charge on any atom is -0.368 e. The Hall–Kier alpha value is -1.39. The predicted octanol–water partition coefficient (Wildman–Crippen LogP) is 0.281. The van der Waals surface area contributed by atoms with Crippen LogP contribution in [0.5, 0.6) is 0 Å². The summed E-state index contributed by atoms with van der Waals surface area (Å²) in [6.07, 6.45) is 3.51.